The summed E-state index contributed by atoms with van der Waals surface area (Å²) in [6, 6.07) is 13.1. The highest BCUT2D eigenvalue weighted by atomic mass is 19.1. The average molecular weight is 288 g/mol. The number of hydrogen-bond acceptors (Lipinski definition) is 3. The molecule has 110 valence electrons. The highest BCUT2D eigenvalue weighted by Crippen LogP contribution is 2.18. The molecule has 2 rings (SSSR count). The molecule has 1 amide bonds. The van der Waals surface area contributed by atoms with Gasteiger partial charge in [-0.3, -0.25) is 4.79 Å². The second-order valence-electron chi connectivity index (χ2n) is 4.68. The maximum atomic E-state index is 13.4. The first kappa shape index (κ1) is 15.0. The zero-order chi connectivity index (χ0) is 15.2. The maximum Gasteiger partial charge on any atom is 0.262 e. The van der Waals surface area contributed by atoms with E-state index in [0.29, 0.717) is 5.75 Å². The van der Waals surface area contributed by atoms with Crippen molar-refractivity contribution in [2.24, 2.45) is 5.73 Å². The number of hydrogen-bond donors (Lipinski definition) is 2. The van der Waals surface area contributed by atoms with E-state index in [4.69, 9.17) is 10.5 Å². The molecule has 0 aliphatic heterocycles. The van der Waals surface area contributed by atoms with Crippen LogP contribution >= 0.6 is 0 Å². The van der Waals surface area contributed by atoms with E-state index in [2.05, 4.69) is 5.32 Å². The zero-order valence-electron chi connectivity index (χ0n) is 11.7. The van der Waals surface area contributed by atoms with Gasteiger partial charge in [-0.25, -0.2) is 4.39 Å². The molecule has 0 aliphatic rings. The summed E-state index contributed by atoms with van der Waals surface area (Å²) in [6.07, 6.45) is 0. The molecule has 0 heterocycles. The van der Waals surface area contributed by atoms with Gasteiger partial charge in [0, 0.05) is 6.04 Å². The Morgan fingerprint density at radius 3 is 2.76 bits per heavy atom. The van der Waals surface area contributed by atoms with E-state index in [9.17, 15) is 9.18 Å². The summed E-state index contributed by atoms with van der Waals surface area (Å²) in [7, 11) is 0. The van der Waals surface area contributed by atoms with E-state index >= 15 is 0 Å². The van der Waals surface area contributed by atoms with Crippen LogP contribution in [0, 0.1) is 5.82 Å². The molecule has 4 nitrogen and oxygen atoms in total. The van der Waals surface area contributed by atoms with Crippen molar-refractivity contribution in [2.75, 3.05) is 11.9 Å². The first-order valence-corrected chi connectivity index (χ1v) is 6.59. The Morgan fingerprint density at radius 2 is 2.05 bits per heavy atom. The smallest absolute Gasteiger partial charge is 0.262 e. The van der Waals surface area contributed by atoms with Crippen molar-refractivity contribution in [3.05, 3.63) is 59.9 Å². The Balaban J connectivity index is 1.92. The van der Waals surface area contributed by atoms with Gasteiger partial charge in [-0.15, -0.1) is 0 Å². The Kier molecular flexibility index (Phi) is 4.90. The number of benzene rings is 2. The van der Waals surface area contributed by atoms with Crippen LogP contribution < -0.4 is 15.8 Å². The number of amides is 1. The molecule has 5 heteroatoms. The summed E-state index contributed by atoms with van der Waals surface area (Å²) in [6.45, 7) is 1.67. The number of anilines is 1. The molecule has 0 spiro atoms. The van der Waals surface area contributed by atoms with Crippen molar-refractivity contribution in [1.82, 2.24) is 0 Å². The second kappa shape index (κ2) is 6.85. The fraction of sp³-hybridized carbons (Fsp3) is 0.188. The van der Waals surface area contributed by atoms with Gasteiger partial charge >= 0.3 is 0 Å². The van der Waals surface area contributed by atoms with Gasteiger partial charge in [0.25, 0.3) is 5.91 Å². The van der Waals surface area contributed by atoms with E-state index in [-0.39, 0.29) is 18.3 Å². The molecule has 0 saturated carbocycles. The van der Waals surface area contributed by atoms with Crippen LogP contribution in [-0.4, -0.2) is 12.5 Å². The quantitative estimate of drug-likeness (QED) is 0.889. The summed E-state index contributed by atoms with van der Waals surface area (Å²) in [5.41, 5.74) is 6.83. The fourth-order valence-electron chi connectivity index (χ4n) is 1.79. The number of carbonyl (C=O) groups is 1. The highest BCUT2D eigenvalue weighted by molar-refractivity contribution is 5.91. The number of nitrogens with two attached hydrogens (primary N) is 1. The normalized spacial score (nSPS) is 11.8. The first-order valence-electron chi connectivity index (χ1n) is 6.59. The summed E-state index contributed by atoms with van der Waals surface area (Å²) in [5, 5.41) is 2.45. The van der Waals surface area contributed by atoms with Crippen LogP contribution in [0.3, 0.4) is 0 Å². The molecule has 0 aliphatic carbocycles. The molecular formula is C16H17FN2O2. The van der Waals surface area contributed by atoms with E-state index in [0.717, 1.165) is 5.56 Å². The molecule has 0 fully saturated rings. The van der Waals surface area contributed by atoms with Crippen molar-refractivity contribution in [2.45, 2.75) is 13.0 Å². The predicted octanol–water partition coefficient (Wildman–Crippen LogP) is 2.86. The lowest BCUT2D eigenvalue weighted by molar-refractivity contribution is -0.118. The highest BCUT2D eigenvalue weighted by Gasteiger charge is 2.08. The number of halogens is 1. The van der Waals surface area contributed by atoms with E-state index < -0.39 is 11.7 Å². The summed E-state index contributed by atoms with van der Waals surface area (Å²) < 4.78 is 18.8. The molecule has 0 radical (unpaired) electrons. The first-order chi connectivity index (χ1) is 10.1. The van der Waals surface area contributed by atoms with Crippen molar-refractivity contribution in [1.29, 1.82) is 0 Å². The van der Waals surface area contributed by atoms with Gasteiger partial charge < -0.3 is 15.8 Å². The van der Waals surface area contributed by atoms with E-state index in [1.54, 1.807) is 24.3 Å². The largest absolute Gasteiger partial charge is 0.484 e. The van der Waals surface area contributed by atoms with Crippen LogP contribution in [0.1, 0.15) is 18.5 Å². The number of rotatable bonds is 5. The number of ether oxygens (including phenoxy) is 1. The van der Waals surface area contributed by atoms with Crippen LogP contribution in [-0.2, 0) is 4.79 Å². The van der Waals surface area contributed by atoms with Crippen LogP contribution in [0.25, 0.3) is 0 Å². The van der Waals surface area contributed by atoms with E-state index in [1.165, 1.54) is 12.1 Å². The van der Waals surface area contributed by atoms with Gasteiger partial charge in [0.05, 0.1) is 5.69 Å². The lowest BCUT2D eigenvalue weighted by Gasteiger charge is -2.10. The lowest BCUT2D eigenvalue weighted by atomic mass is 10.1. The van der Waals surface area contributed by atoms with Crippen LogP contribution in [0.4, 0.5) is 10.1 Å². The Hall–Kier alpha value is -2.40. The SMILES string of the molecule is C[C@@H](N)c1cccc(OCC(=O)Nc2ccccc2F)c1. The summed E-state index contributed by atoms with van der Waals surface area (Å²) in [4.78, 5) is 11.7. The Labute approximate surface area is 122 Å². The van der Waals surface area contributed by atoms with Crippen LogP contribution in [0.5, 0.6) is 5.75 Å². The third-order valence-corrected chi connectivity index (χ3v) is 2.90. The minimum atomic E-state index is -0.482. The van der Waals surface area contributed by atoms with Gasteiger partial charge in [0.1, 0.15) is 11.6 Å². The Morgan fingerprint density at radius 1 is 1.29 bits per heavy atom. The van der Waals surface area contributed by atoms with Gasteiger partial charge in [-0.1, -0.05) is 24.3 Å². The third-order valence-electron chi connectivity index (χ3n) is 2.90. The average Bonchev–Trinajstić information content (AvgIpc) is 2.48. The van der Waals surface area contributed by atoms with Crippen molar-refractivity contribution in [3.8, 4) is 5.75 Å². The zero-order valence-corrected chi connectivity index (χ0v) is 11.7. The molecule has 0 aromatic heterocycles. The topological polar surface area (TPSA) is 64.3 Å². The van der Waals surface area contributed by atoms with Crippen molar-refractivity contribution >= 4 is 11.6 Å². The minimum Gasteiger partial charge on any atom is -0.484 e. The second-order valence-corrected chi connectivity index (χ2v) is 4.68. The molecule has 2 aromatic carbocycles. The number of nitrogens with one attached hydrogen (secondary N) is 1. The van der Waals surface area contributed by atoms with Gasteiger partial charge in [0.2, 0.25) is 0 Å². The number of carbonyl (C=O) groups excluding carboxylic acids is 1. The monoisotopic (exact) mass is 288 g/mol. The van der Waals surface area contributed by atoms with Crippen LogP contribution in [0.2, 0.25) is 0 Å². The molecule has 21 heavy (non-hydrogen) atoms. The minimum absolute atomic E-state index is 0.110. The predicted molar refractivity (Wildman–Crippen MR) is 79.6 cm³/mol. The maximum absolute atomic E-state index is 13.4. The molecular weight excluding hydrogens is 271 g/mol. The van der Waals surface area contributed by atoms with E-state index in [1.807, 2.05) is 19.1 Å². The molecule has 2 aromatic rings. The molecule has 1 atom stereocenters. The fourth-order valence-corrected chi connectivity index (χ4v) is 1.79. The third kappa shape index (κ3) is 4.29. The van der Waals surface area contributed by atoms with Gasteiger partial charge in [-0.2, -0.15) is 0 Å². The lowest BCUT2D eigenvalue weighted by Crippen LogP contribution is -2.20. The van der Waals surface area contributed by atoms with Gasteiger partial charge in [-0.05, 0) is 36.8 Å². The van der Waals surface area contributed by atoms with Crippen LogP contribution in [0.15, 0.2) is 48.5 Å². The Bertz CT molecular complexity index is 629. The van der Waals surface area contributed by atoms with Crippen molar-refractivity contribution in [3.63, 3.8) is 0 Å². The standard InChI is InChI=1S/C16H17FN2O2/c1-11(18)12-5-4-6-13(9-12)21-10-16(20)19-15-8-3-2-7-14(15)17/h2-9,11H,10,18H2,1H3,(H,19,20)/t11-/m1/s1. The van der Waals surface area contributed by atoms with Gasteiger partial charge in [0.15, 0.2) is 6.61 Å². The summed E-state index contributed by atoms with van der Waals surface area (Å²) >= 11 is 0. The molecule has 0 bridgehead atoms. The molecule has 0 saturated heterocycles. The number of para-hydroxylation sites is 1. The van der Waals surface area contributed by atoms with Crippen molar-refractivity contribution < 1.29 is 13.9 Å². The molecule has 3 N–H and O–H groups in total. The molecule has 0 unspecified atom stereocenters. The summed E-state index contributed by atoms with van der Waals surface area (Å²) in [5.74, 6) is -0.357.